The van der Waals surface area contributed by atoms with Gasteiger partial charge in [-0.1, -0.05) is 37.5 Å². The third-order valence-corrected chi connectivity index (χ3v) is 7.70. The Morgan fingerprint density at radius 2 is 1.80 bits per heavy atom. The minimum atomic E-state index is -0.257. The van der Waals surface area contributed by atoms with Gasteiger partial charge in [0.25, 0.3) is 5.91 Å². The summed E-state index contributed by atoms with van der Waals surface area (Å²) in [4.78, 5) is 30.1. The van der Waals surface area contributed by atoms with Gasteiger partial charge in [-0.3, -0.25) is 14.9 Å². The molecule has 2 amide bonds. The Bertz CT molecular complexity index is 1120. The van der Waals surface area contributed by atoms with Crippen LogP contribution in [0.25, 0.3) is 0 Å². The Morgan fingerprint density at radius 3 is 2.57 bits per heavy atom. The molecule has 8 heteroatoms. The molecule has 35 heavy (non-hydrogen) atoms. The molecule has 3 N–H and O–H groups in total. The van der Waals surface area contributed by atoms with Crippen LogP contribution in [0.3, 0.4) is 0 Å². The van der Waals surface area contributed by atoms with E-state index in [9.17, 15) is 9.59 Å². The van der Waals surface area contributed by atoms with Crippen molar-refractivity contribution in [1.82, 2.24) is 5.32 Å². The largest absolute Gasteiger partial charge is 0.370 e. The molecule has 1 saturated carbocycles. The monoisotopic (exact) mass is 491 g/mol. The summed E-state index contributed by atoms with van der Waals surface area (Å²) in [7, 11) is 2.14. The van der Waals surface area contributed by atoms with Gasteiger partial charge in [0.15, 0.2) is 5.11 Å². The molecule has 7 nitrogen and oxygen atoms in total. The van der Waals surface area contributed by atoms with Crippen molar-refractivity contribution in [3.05, 3.63) is 48.0 Å². The van der Waals surface area contributed by atoms with Crippen molar-refractivity contribution >= 4 is 51.9 Å². The van der Waals surface area contributed by atoms with Gasteiger partial charge in [0.2, 0.25) is 5.91 Å². The van der Waals surface area contributed by atoms with Crippen LogP contribution in [0.1, 0.15) is 61.7 Å². The fourth-order valence-electron chi connectivity index (χ4n) is 5.60. The molecular weight excluding hydrogens is 458 g/mol. The van der Waals surface area contributed by atoms with Crippen LogP contribution in [0, 0.1) is 0 Å². The average molecular weight is 492 g/mol. The van der Waals surface area contributed by atoms with Crippen molar-refractivity contribution in [2.75, 3.05) is 34.0 Å². The molecule has 0 radical (unpaired) electrons. The maximum Gasteiger partial charge on any atom is 0.257 e. The van der Waals surface area contributed by atoms with Crippen LogP contribution < -0.4 is 25.8 Å². The van der Waals surface area contributed by atoms with Gasteiger partial charge in [-0.2, -0.15) is 0 Å². The first kappa shape index (κ1) is 23.6. The molecule has 1 saturated heterocycles. The van der Waals surface area contributed by atoms with E-state index in [1.165, 1.54) is 19.3 Å². The lowest BCUT2D eigenvalue weighted by Crippen LogP contribution is -2.50. The molecule has 2 aromatic rings. The van der Waals surface area contributed by atoms with Gasteiger partial charge < -0.3 is 20.4 Å². The molecule has 0 spiro atoms. The van der Waals surface area contributed by atoms with Gasteiger partial charge in [-0.15, -0.1) is 0 Å². The lowest BCUT2D eigenvalue weighted by Gasteiger charge is -2.42. The quantitative estimate of drug-likeness (QED) is 0.529. The fraction of sp³-hybridized carbons (Fsp3) is 0.444. The molecule has 1 aliphatic carbocycles. The number of hydrogen-bond donors (Lipinski definition) is 3. The fourth-order valence-corrected chi connectivity index (χ4v) is 5.80. The highest BCUT2D eigenvalue weighted by molar-refractivity contribution is 7.80. The number of amides is 2. The first-order valence-corrected chi connectivity index (χ1v) is 13.1. The van der Waals surface area contributed by atoms with E-state index in [4.69, 9.17) is 12.2 Å². The molecule has 2 aliphatic heterocycles. The zero-order valence-corrected chi connectivity index (χ0v) is 21.0. The Morgan fingerprint density at radius 1 is 1.06 bits per heavy atom. The maximum atomic E-state index is 12.8. The number of rotatable bonds is 4. The summed E-state index contributed by atoms with van der Waals surface area (Å²) in [5.41, 5.74) is 4.22. The maximum absolute atomic E-state index is 12.8. The number of anilines is 4. The number of piperidine rings is 1. The second-order valence-corrected chi connectivity index (χ2v) is 10.2. The van der Waals surface area contributed by atoms with Gasteiger partial charge >= 0.3 is 0 Å². The third kappa shape index (κ3) is 4.98. The van der Waals surface area contributed by atoms with E-state index >= 15 is 0 Å². The molecule has 1 unspecified atom stereocenters. The molecule has 0 aromatic heterocycles. The summed E-state index contributed by atoms with van der Waals surface area (Å²) in [6, 6.07) is 13.5. The summed E-state index contributed by atoms with van der Waals surface area (Å²) in [5.74, 6) is -0.204. The number of carbonyl (C=O) groups excluding carboxylic acids is 2. The van der Waals surface area contributed by atoms with E-state index in [0.717, 1.165) is 61.4 Å². The van der Waals surface area contributed by atoms with Crippen molar-refractivity contribution in [3.63, 3.8) is 0 Å². The van der Waals surface area contributed by atoms with E-state index in [-0.39, 0.29) is 23.0 Å². The summed E-state index contributed by atoms with van der Waals surface area (Å²) >= 11 is 5.53. The molecule has 0 bridgehead atoms. The van der Waals surface area contributed by atoms with Crippen molar-refractivity contribution in [2.24, 2.45) is 0 Å². The molecular formula is C27H33N5O2S. The van der Waals surface area contributed by atoms with E-state index < -0.39 is 0 Å². The van der Waals surface area contributed by atoms with Gasteiger partial charge in [0, 0.05) is 25.2 Å². The van der Waals surface area contributed by atoms with Gasteiger partial charge in [-0.25, -0.2) is 0 Å². The van der Waals surface area contributed by atoms with Crippen LogP contribution >= 0.6 is 12.2 Å². The second kappa shape index (κ2) is 10.2. The zero-order valence-electron chi connectivity index (χ0n) is 20.2. The highest BCUT2D eigenvalue weighted by Gasteiger charge is 2.36. The number of thiocarbonyl (C=S) groups is 1. The van der Waals surface area contributed by atoms with Gasteiger partial charge in [0.1, 0.15) is 6.04 Å². The number of fused-ring (bicyclic) bond motifs is 3. The molecule has 5 rings (SSSR count). The number of benzene rings is 2. The molecule has 3 aliphatic rings. The lowest BCUT2D eigenvalue weighted by molar-refractivity contribution is -0.118. The molecule has 2 fully saturated rings. The standard InChI is InChI=1S/C27H33N5O2S/c1-31(19-12-6-3-7-13-19)23-17-24-21(28-26(34)22-14-8-9-15-32(22)24)16-20(23)29-27(35)30-25(33)18-10-4-2-5-11-18/h2,4-5,10-11,16-17,19,22H,3,6-9,12-15H2,1H3,(H,28,34)(H2,29,30,33,35). The third-order valence-electron chi connectivity index (χ3n) is 7.50. The van der Waals surface area contributed by atoms with Gasteiger partial charge in [0.05, 0.1) is 22.7 Å². The van der Waals surface area contributed by atoms with Crippen LogP contribution in [0.15, 0.2) is 42.5 Å². The smallest absolute Gasteiger partial charge is 0.257 e. The zero-order chi connectivity index (χ0) is 24.4. The molecule has 184 valence electrons. The topological polar surface area (TPSA) is 76.7 Å². The molecule has 1 atom stereocenters. The highest BCUT2D eigenvalue weighted by Crippen LogP contribution is 2.43. The Balaban J connectivity index is 1.45. The minimum absolute atomic E-state index is 0.0523. The molecule has 2 aromatic carbocycles. The number of hydrogen-bond acceptors (Lipinski definition) is 5. The van der Waals surface area contributed by atoms with Crippen LogP contribution in [0.2, 0.25) is 0 Å². The van der Waals surface area contributed by atoms with Crippen molar-refractivity contribution in [2.45, 2.75) is 63.5 Å². The Labute approximate surface area is 212 Å². The minimum Gasteiger partial charge on any atom is -0.370 e. The van der Waals surface area contributed by atoms with E-state index in [0.29, 0.717) is 11.6 Å². The predicted molar refractivity (Wildman–Crippen MR) is 145 cm³/mol. The Hall–Kier alpha value is -3.13. The molecule has 2 heterocycles. The lowest BCUT2D eigenvalue weighted by atomic mass is 9.93. The van der Waals surface area contributed by atoms with Crippen molar-refractivity contribution < 1.29 is 9.59 Å². The van der Waals surface area contributed by atoms with Gasteiger partial charge in [-0.05, 0) is 68.6 Å². The van der Waals surface area contributed by atoms with Crippen LogP contribution in [0.4, 0.5) is 22.7 Å². The van der Waals surface area contributed by atoms with E-state index in [1.807, 2.05) is 24.3 Å². The highest BCUT2D eigenvalue weighted by atomic mass is 32.1. The average Bonchev–Trinajstić information content (AvgIpc) is 2.89. The first-order chi connectivity index (χ1) is 17.0. The number of nitrogens with one attached hydrogen (secondary N) is 3. The van der Waals surface area contributed by atoms with Crippen LogP contribution in [-0.4, -0.2) is 42.6 Å². The number of carbonyl (C=O) groups is 2. The first-order valence-electron chi connectivity index (χ1n) is 12.7. The predicted octanol–water partition coefficient (Wildman–Crippen LogP) is 4.89. The van der Waals surface area contributed by atoms with Crippen molar-refractivity contribution in [1.29, 1.82) is 0 Å². The Kier molecular flexibility index (Phi) is 6.90. The second-order valence-electron chi connectivity index (χ2n) is 9.76. The number of nitrogens with zero attached hydrogens (tertiary/aromatic N) is 2. The van der Waals surface area contributed by atoms with Crippen molar-refractivity contribution in [3.8, 4) is 0 Å². The van der Waals surface area contributed by atoms with Crippen LogP contribution in [0.5, 0.6) is 0 Å². The summed E-state index contributed by atoms with van der Waals surface area (Å²) in [5, 5.41) is 9.39. The van der Waals surface area contributed by atoms with Crippen LogP contribution in [-0.2, 0) is 4.79 Å². The normalized spacial score (nSPS) is 19.7. The van der Waals surface area contributed by atoms with E-state index in [1.54, 1.807) is 12.1 Å². The van der Waals surface area contributed by atoms with E-state index in [2.05, 4.69) is 38.9 Å². The summed E-state index contributed by atoms with van der Waals surface area (Å²) < 4.78 is 0. The summed E-state index contributed by atoms with van der Waals surface area (Å²) in [6.45, 7) is 0.885. The SMILES string of the molecule is CN(c1cc2c(cc1NC(=S)NC(=O)c1ccccc1)NC(=O)C1CCCCN21)C1CCCCC1. The summed E-state index contributed by atoms with van der Waals surface area (Å²) in [6.07, 6.45) is 9.12.